The van der Waals surface area contributed by atoms with Crippen molar-refractivity contribution in [2.75, 3.05) is 19.7 Å². The molecule has 19 heavy (non-hydrogen) atoms. The first-order valence-corrected chi connectivity index (χ1v) is 6.98. The standard InChI is InChI=1S/C16H27NO2/c1-16(2,3)9-10-17-11-15(18)13-19-12-14-7-5-4-6-8-14/h4-8,15,17-18H,9-13H2,1-3H3. The lowest BCUT2D eigenvalue weighted by Crippen LogP contribution is -2.32. The summed E-state index contributed by atoms with van der Waals surface area (Å²) >= 11 is 0. The van der Waals surface area contributed by atoms with Crippen LogP contribution in [0.5, 0.6) is 0 Å². The van der Waals surface area contributed by atoms with E-state index >= 15 is 0 Å². The van der Waals surface area contributed by atoms with Gasteiger partial charge in [-0.15, -0.1) is 0 Å². The third-order valence-electron chi connectivity index (χ3n) is 2.85. The molecular weight excluding hydrogens is 238 g/mol. The van der Waals surface area contributed by atoms with Crippen LogP contribution in [0.25, 0.3) is 0 Å². The van der Waals surface area contributed by atoms with Gasteiger partial charge in [-0.05, 0) is 23.9 Å². The van der Waals surface area contributed by atoms with Crippen LogP contribution >= 0.6 is 0 Å². The Hall–Kier alpha value is -0.900. The summed E-state index contributed by atoms with van der Waals surface area (Å²) in [5, 5.41) is 13.0. The van der Waals surface area contributed by atoms with Gasteiger partial charge >= 0.3 is 0 Å². The van der Waals surface area contributed by atoms with Gasteiger partial charge in [-0.2, -0.15) is 0 Å². The van der Waals surface area contributed by atoms with Crippen molar-refractivity contribution in [3.8, 4) is 0 Å². The minimum atomic E-state index is -0.441. The molecule has 108 valence electrons. The highest BCUT2D eigenvalue weighted by Crippen LogP contribution is 2.16. The van der Waals surface area contributed by atoms with E-state index in [-0.39, 0.29) is 0 Å². The quantitative estimate of drug-likeness (QED) is 0.710. The molecule has 1 rings (SSSR count). The fourth-order valence-electron chi connectivity index (χ4n) is 1.68. The highest BCUT2D eigenvalue weighted by atomic mass is 16.5. The summed E-state index contributed by atoms with van der Waals surface area (Å²) in [4.78, 5) is 0. The van der Waals surface area contributed by atoms with Crippen LogP contribution < -0.4 is 5.32 Å². The van der Waals surface area contributed by atoms with Crippen molar-refractivity contribution in [3.05, 3.63) is 35.9 Å². The van der Waals surface area contributed by atoms with Crippen molar-refractivity contribution in [1.82, 2.24) is 5.32 Å². The van der Waals surface area contributed by atoms with Crippen molar-refractivity contribution in [3.63, 3.8) is 0 Å². The molecule has 0 spiro atoms. The van der Waals surface area contributed by atoms with Gasteiger partial charge in [0.25, 0.3) is 0 Å². The molecule has 1 atom stereocenters. The Labute approximate surface area is 117 Å². The third kappa shape index (κ3) is 8.76. The lowest BCUT2D eigenvalue weighted by atomic mass is 9.92. The SMILES string of the molecule is CC(C)(C)CCNCC(O)COCc1ccccc1. The van der Waals surface area contributed by atoms with E-state index < -0.39 is 6.10 Å². The van der Waals surface area contributed by atoms with E-state index in [1.807, 2.05) is 30.3 Å². The molecule has 0 aliphatic rings. The zero-order valence-electron chi connectivity index (χ0n) is 12.4. The molecule has 1 aromatic rings. The van der Waals surface area contributed by atoms with Crippen LogP contribution in [0.3, 0.4) is 0 Å². The number of hydrogen-bond donors (Lipinski definition) is 2. The number of aliphatic hydroxyl groups excluding tert-OH is 1. The number of hydrogen-bond acceptors (Lipinski definition) is 3. The Morgan fingerprint density at radius 3 is 2.53 bits per heavy atom. The first-order chi connectivity index (χ1) is 8.97. The summed E-state index contributed by atoms with van der Waals surface area (Å²) in [6.45, 7) is 9.09. The Bertz CT molecular complexity index is 332. The zero-order chi connectivity index (χ0) is 14.1. The minimum Gasteiger partial charge on any atom is -0.389 e. The molecule has 3 nitrogen and oxygen atoms in total. The van der Waals surface area contributed by atoms with E-state index in [9.17, 15) is 5.11 Å². The maximum Gasteiger partial charge on any atom is 0.0897 e. The van der Waals surface area contributed by atoms with Gasteiger partial charge in [0.05, 0.1) is 19.3 Å². The van der Waals surface area contributed by atoms with Gasteiger partial charge < -0.3 is 15.2 Å². The molecule has 0 saturated heterocycles. The van der Waals surface area contributed by atoms with Crippen LogP contribution in [-0.4, -0.2) is 30.9 Å². The number of nitrogens with one attached hydrogen (secondary N) is 1. The maximum atomic E-state index is 9.77. The summed E-state index contributed by atoms with van der Waals surface area (Å²) in [6, 6.07) is 10.0. The van der Waals surface area contributed by atoms with Gasteiger partial charge in [0.2, 0.25) is 0 Å². The monoisotopic (exact) mass is 265 g/mol. The second kappa shape index (κ2) is 8.31. The number of rotatable bonds is 8. The Kier molecular flexibility index (Phi) is 7.06. The lowest BCUT2D eigenvalue weighted by molar-refractivity contribution is 0.0287. The number of aliphatic hydroxyl groups is 1. The summed E-state index contributed by atoms with van der Waals surface area (Å²) in [5.74, 6) is 0. The van der Waals surface area contributed by atoms with Crippen molar-refractivity contribution >= 4 is 0 Å². The molecule has 0 saturated carbocycles. The molecule has 0 aliphatic carbocycles. The van der Waals surface area contributed by atoms with E-state index in [1.165, 1.54) is 0 Å². The van der Waals surface area contributed by atoms with Crippen LogP contribution in [0.15, 0.2) is 30.3 Å². The molecule has 1 unspecified atom stereocenters. The highest BCUT2D eigenvalue weighted by molar-refractivity contribution is 5.13. The van der Waals surface area contributed by atoms with Crippen molar-refractivity contribution < 1.29 is 9.84 Å². The van der Waals surface area contributed by atoms with Crippen LogP contribution in [0.4, 0.5) is 0 Å². The van der Waals surface area contributed by atoms with Gasteiger partial charge in [0, 0.05) is 6.54 Å². The average Bonchev–Trinajstić information content (AvgIpc) is 2.35. The topological polar surface area (TPSA) is 41.5 Å². The predicted octanol–water partition coefficient (Wildman–Crippen LogP) is 2.59. The summed E-state index contributed by atoms with van der Waals surface area (Å²) in [7, 11) is 0. The van der Waals surface area contributed by atoms with Crippen molar-refractivity contribution in [2.24, 2.45) is 5.41 Å². The van der Waals surface area contributed by atoms with Gasteiger partial charge in [-0.25, -0.2) is 0 Å². The largest absolute Gasteiger partial charge is 0.389 e. The fourth-order valence-corrected chi connectivity index (χ4v) is 1.68. The molecule has 0 heterocycles. The van der Waals surface area contributed by atoms with E-state index in [0.29, 0.717) is 25.2 Å². The molecule has 3 heteroatoms. The second-order valence-corrected chi connectivity index (χ2v) is 6.17. The summed E-state index contributed by atoms with van der Waals surface area (Å²) < 4.78 is 5.49. The second-order valence-electron chi connectivity index (χ2n) is 6.17. The molecule has 1 aromatic carbocycles. The molecule has 0 aromatic heterocycles. The van der Waals surface area contributed by atoms with Crippen LogP contribution in [0, 0.1) is 5.41 Å². The van der Waals surface area contributed by atoms with Crippen molar-refractivity contribution in [1.29, 1.82) is 0 Å². The molecule has 0 bridgehead atoms. The molecule has 2 N–H and O–H groups in total. The molecular formula is C16H27NO2. The van der Waals surface area contributed by atoms with E-state index in [1.54, 1.807) is 0 Å². The molecule has 0 amide bonds. The fraction of sp³-hybridized carbons (Fsp3) is 0.625. The number of benzene rings is 1. The molecule has 0 aliphatic heterocycles. The van der Waals surface area contributed by atoms with Gasteiger partial charge in [-0.3, -0.25) is 0 Å². The normalized spacial score (nSPS) is 13.5. The smallest absolute Gasteiger partial charge is 0.0897 e. The van der Waals surface area contributed by atoms with Crippen LogP contribution in [0.1, 0.15) is 32.8 Å². The maximum absolute atomic E-state index is 9.77. The lowest BCUT2D eigenvalue weighted by Gasteiger charge is -2.19. The predicted molar refractivity (Wildman–Crippen MR) is 79.0 cm³/mol. The van der Waals surface area contributed by atoms with Gasteiger partial charge in [0.1, 0.15) is 0 Å². The molecule has 0 radical (unpaired) electrons. The van der Waals surface area contributed by atoms with Crippen molar-refractivity contribution in [2.45, 2.75) is 39.9 Å². The van der Waals surface area contributed by atoms with E-state index in [4.69, 9.17) is 4.74 Å². The Morgan fingerprint density at radius 2 is 1.89 bits per heavy atom. The van der Waals surface area contributed by atoms with E-state index in [2.05, 4.69) is 26.1 Å². The molecule has 0 fully saturated rings. The summed E-state index contributed by atoms with van der Waals surface area (Å²) in [5.41, 5.74) is 1.47. The average molecular weight is 265 g/mol. The first-order valence-electron chi connectivity index (χ1n) is 6.98. The third-order valence-corrected chi connectivity index (χ3v) is 2.85. The first kappa shape index (κ1) is 16.2. The van der Waals surface area contributed by atoms with Crippen LogP contribution in [0.2, 0.25) is 0 Å². The Balaban J connectivity index is 2.04. The van der Waals surface area contributed by atoms with Gasteiger partial charge in [0.15, 0.2) is 0 Å². The van der Waals surface area contributed by atoms with E-state index in [0.717, 1.165) is 18.5 Å². The summed E-state index contributed by atoms with van der Waals surface area (Å²) in [6.07, 6.45) is 0.661. The zero-order valence-corrected chi connectivity index (χ0v) is 12.4. The highest BCUT2D eigenvalue weighted by Gasteiger charge is 2.10. The van der Waals surface area contributed by atoms with Gasteiger partial charge in [-0.1, -0.05) is 51.1 Å². The Morgan fingerprint density at radius 1 is 1.21 bits per heavy atom. The minimum absolute atomic E-state index is 0.335. The van der Waals surface area contributed by atoms with Crippen LogP contribution in [-0.2, 0) is 11.3 Å². The number of ether oxygens (including phenoxy) is 1.